The second-order valence-electron chi connectivity index (χ2n) is 2.79. The summed E-state index contributed by atoms with van der Waals surface area (Å²) in [5.41, 5.74) is -1.71. The van der Waals surface area contributed by atoms with E-state index in [4.69, 9.17) is 11.6 Å². The Labute approximate surface area is 94.2 Å². The van der Waals surface area contributed by atoms with Crippen LogP contribution in [-0.2, 0) is 10.6 Å². The van der Waals surface area contributed by atoms with Gasteiger partial charge in [-0.3, -0.25) is 0 Å². The van der Waals surface area contributed by atoms with Crippen molar-refractivity contribution in [3.63, 3.8) is 0 Å². The average Bonchev–Trinajstić information content (AvgIpc) is 2.28. The molecule has 88 valence electrons. The van der Waals surface area contributed by atoms with E-state index in [0.29, 0.717) is 0 Å². The zero-order valence-electron chi connectivity index (χ0n) is 8.14. The van der Waals surface area contributed by atoms with Gasteiger partial charge in [0.05, 0.1) is 13.0 Å². The van der Waals surface area contributed by atoms with Gasteiger partial charge >= 0.3 is 5.97 Å². The standard InChI is InChI=1S/C9H7ClF3NO2/c1-16-9(15)7-6(11)4(3-10)2-5(14-7)8(12)13/h2,8H,3H2,1H3. The first kappa shape index (κ1) is 12.8. The smallest absolute Gasteiger partial charge is 0.359 e. The van der Waals surface area contributed by atoms with Gasteiger partial charge in [-0.2, -0.15) is 0 Å². The first-order chi connectivity index (χ1) is 7.51. The lowest BCUT2D eigenvalue weighted by atomic mass is 10.2. The quantitative estimate of drug-likeness (QED) is 0.614. The maximum Gasteiger partial charge on any atom is 0.359 e. The summed E-state index contributed by atoms with van der Waals surface area (Å²) >= 11 is 5.36. The molecule has 0 aliphatic heterocycles. The van der Waals surface area contributed by atoms with Crippen molar-refractivity contribution in [3.05, 3.63) is 28.8 Å². The molecule has 0 aliphatic rings. The Balaban J connectivity index is 3.35. The van der Waals surface area contributed by atoms with Gasteiger partial charge < -0.3 is 4.74 Å². The normalized spacial score (nSPS) is 10.6. The van der Waals surface area contributed by atoms with E-state index in [1.54, 1.807) is 0 Å². The van der Waals surface area contributed by atoms with Crippen LogP contribution in [0, 0.1) is 5.82 Å². The molecule has 0 unspecified atom stereocenters. The van der Waals surface area contributed by atoms with Gasteiger partial charge in [0.1, 0.15) is 5.69 Å². The summed E-state index contributed by atoms with van der Waals surface area (Å²) in [6, 6.07) is 0.819. The molecule has 16 heavy (non-hydrogen) atoms. The van der Waals surface area contributed by atoms with Crippen LogP contribution >= 0.6 is 11.6 Å². The van der Waals surface area contributed by atoms with Gasteiger partial charge in [-0.1, -0.05) is 0 Å². The zero-order valence-corrected chi connectivity index (χ0v) is 8.89. The molecule has 0 fully saturated rings. The molecular formula is C9H7ClF3NO2. The molecule has 0 amide bonds. The van der Waals surface area contributed by atoms with E-state index < -0.39 is 29.6 Å². The van der Waals surface area contributed by atoms with Crippen molar-refractivity contribution < 1.29 is 22.7 Å². The number of pyridine rings is 1. The number of carbonyl (C=O) groups is 1. The molecule has 0 atom stereocenters. The van der Waals surface area contributed by atoms with Gasteiger partial charge in [0, 0.05) is 5.56 Å². The summed E-state index contributed by atoms with van der Waals surface area (Å²) in [6.07, 6.45) is -2.91. The fourth-order valence-corrected chi connectivity index (χ4v) is 1.24. The van der Waals surface area contributed by atoms with Crippen LogP contribution in [0.2, 0.25) is 0 Å². The number of nitrogens with zero attached hydrogens (tertiary/aromatic N) is 1. The molecule has 0 radical (unpaired) electrons. The van der Waals surface area contributed by atoms with E-state index in [1.165, 1.54) is 0 Å². The Hall–Kier alpha value is -1.30. The van der Waals surface area contributed by atoms with E-state index in [1.807, 2.05) is 0 Å². The summed E-state index contributed by atoms with van der Waals surface area (Å²) < 4.78 is 42.4. The van der Waals surface area contributed by atoms with E-state index in [9.17, 15) is 18.0 Å². The zero-order chi connectivity index (χ0) is 12.3. The molecule has 3 nitrogen and oxygen atoms in total. The molecule has 0 aromatic carbocycles. The highest BCUT2D eigenvalue weighted by Gasteiger charge is 2.22. The highest BCUT2D eigenvalue weighted by atomic mass is 35.5. The minimum absolute atomic E-state index is 0.215. The largest absolute Gasteiger partial charge is 0.464 e. The number of carbonyl (C=O) groups excluding carboxylic acids is 1. The third kappa shape index (κ3) is 2.44. The third-order valence-electron chi connectivity index (χ3n) is 1.80. The van der Waals surface area contributed by atoms with Crippen LogP contribution in [0.5, 0.6) is 0 Å². The number of aromatic nitrogens is 1. The summed E-state index contributed by atoms with van der Waals surface area (Å²) in [6.45, 7) is 0. The first-order valence-electron chi connectivity index (χ1n) is 4.13. The fourth-order valence-electron chi connectivity index (χ4n) is 1.05. The van der Waals surface area contributed by atoms with Crippen molar-refractivity contribution in [3.8, 4) is 0 Å². The molecule has 1 rings (SSSR count). The van der Waals surface area contributed by atoms with Crippen molar-refractivity contribution in [1.82, 2.24) is 4.98 Å². The topological polar surface area (TPSA) is 39.2 Å². The Morgan fingerprint density at radius 1 is 1.62 bits per heavy atom. The van der Waals surface area contributed by atoms with Crippen LogP contribution in [0.1, 0.15) is 28.2 Å². The van der Waals surface area contributed by atoms with Crippen LogP contribution in [0.4, 0.5) is 13.2 Å². The number of esters is 1. The van der Waals surface area contributed by atoms with Crippen molar-refractivity contribution >= 4 is 17.6 Å². The van der Waals surface area contributed by atoms with Gasteiger partial charge in [-0.05, 0) is 6.07 Å². The number of hydrogen-bond donors (Lipinski definition) is 0. The minimum atomic E-state index is -2.91. The van der Waals surface area contributed by atoms with Crippen LogP contribution in [0.3, 0.4) is 0 Å². The average molecular weight is 254 g/mol. The van der Waals surface area contributed by atoms with Gasteiger partial charge in [0.15, 0.2) is 11.5 Å². The number of ether oxygens (including phenoxy) is 1. The molecular weight excluding hydrogens is 247 g/mol. The Morgan fingerprint density at radius 2 is 2.25 bits per heavy atom. The second kappa shape index (κ2) is 5.16. The van der Waals surface area contributed by atoms with E-state index >= 15 is 0 Å². The predicted octanol–water partition coefficient (Wildman–Crippen LogP) is 2.68. The number of methoxy groups -OCH3 is 1. The fraction of sp³-hybridized carbons (Fsp3) is 0.333. The molecule has 0 aliphatic carbocycles. The summed E-state index contributed by atoms with van der Waals surface area (Å²) in [5, 5.41) is 0. The van der Waals surface area contributed by atoms with Crippen LogP contribution in [0.15, 0.2) is 6.07 Å². The number of halogens is 4. The third-order valence-corrected chi connectivity index (χ3v) is 2.09. The van der Waals surface area contributed by atoms with Gasteiger partial charge in [0.2, 0.25) is 0 Å². The molecule has 0 saturated heterocycles. The van der Waals surface area contributed by atoms with Gasteiger partial charge in [-0.25, -0.2) is 22.9 Å². The van der Waals surface area contributed by atoms with Crippen molar-refractivity contribution in [2.24, 2.45) is 0 Å². The minimum Gasteiger partial charge on any atom is -0.464 e. The second-order valence-corrected chi connectivity index (χ2v) is 3.06. The predicted molar refractivity (Wildman–Crippen MR) is 50.0 cm³/mol. The lowest BCUT2D eigenvalue weighted by Crippen LogP contribution is -2.11. The molecule has 7 heteroatoms. The highest BCUT2D eigenvalue weighted by molar-refractivity contribution is 6.17. The number of alkyl halides is 3. The molecule has 1 aromatic heterocycles. The van der Waals surface area contributed by atoms with E-state index in [0.717, 1.165) is 13.2 Å². The Morgan fingerprint density at radius 3 is 2.69 bits per heavy atom. The van der Waals surface area contributed by atoms with E-state index in [2.05, 4.69) is 9.72 Å². The van der Waals surface area contributed by atoms with Crippen LogP contribution < -0.4 is 0 Å². The monoisotopic (exact) mass is 253 g/mol. The molecule has 1 aromatic rings. The highest BCUT2D eigenvalue weighted by Crippen LogP contribution is 2.22. The Kier molecular flexibility index (Phi) is 4.12. The van der Waals surface area contributed by atoms with Gasteiger partial charge in [0.25, 0.3) is 6.43 Å². The molecule has 0 saturated carbocycles. The van der Waals surface area contributed by atoms with Crippen LogP contribution in [0.25, 0.3) is 0 Å². The molecule has 1 heterocycles. The number of rotatable bonds is 3. The van der Waals surface area contributed by atoms with Gasteiger partial charge in [-0.15, -0.1) is 11.6 Å². The van der Waals surface area contributed by atoms with Crippen LogP contribution in [-0.4, -0.2) is 18.1 Å². The summed E-state index contributed by atoms with van der Waals surface area (Å²) in [5.74, 6) is -2.49. The summed E-state index contributed by atoms with van der Waals surface area (Å²) in [4.78, 5) is 14.3. The first-order valence-corrected chi connectivity index (χ1v) is 4.66. The molecule has 0 N–H and O–H groups in total. The number of hydrogen-bond acceptors (Lipinski definition) is 3. The molecule has 0 spiro atoms. The molecule has 0 bridgehead atoms. The van der Waals surface area contributed by atoms with Crippen molar-refractivity contribution in [2.75, 3.05) is 7.11 Å². The lowest BCUT2D eigenvalue weighted by molar-refractivity contribution is 0.0586. The Bertz CT molecular complexity index is 412. The SMILES string of the molecule is COC(=O)c1nc(C(F)F)cc(CCl)c1F. The van der Waals surface area contributed by atoms with E-state index in [-0.39, 0.29) is 11.4 Å². The summed E-state index contributed by atoms with van der Waals surface area (Å²) in [7, 11) is 0.999. The van der Waals surface area contributed by atoms with Crippen molar-refractivity contribution in [2.45, 2.75) is 12.3 Å². The lowest BCUT2D eigenvalue weighted by Gasteiger charge is -2.07. The van der Waals surface area contributed by atoms with Crippen molar-refractivity contribution in [1.29, 1.82) is 0 Å². The maximum atomic E-state index is 13.5. The maximum absolute atomic E-state index is 13.5.